The van der Waals surface area contributed by atoms with Crippen molar-refractivity contribution >= 4 is 26.1 Å². The number of amides is 1. The Kier molecular flexibility index (Phi) is 18.9. The molecule has 0 saturated carbocycles. The minimum Gasteiger partial charge on any atom is -0.497 e. The van der Waals surface area contributed by atoms with E-state index < -0.39 is 111 Å². The summed E-state index contributed by atoms with van der Waals surface area (Å²) in [5, 5.41) is 2.54. The summed E-state index contributed by atoms with van der Waals surface area (Å²) in [6.45, 7) is 9.19. The molecule has 0 bridgehead atoms. The number of hydrogen-bond donors (Lipinski definition) is 1. The number of esters is 1. The lowest BCUT2D eigenvalue weighted by molar-refractivity contribution is -0.461. The maximum absolute atomic E-state index is 15.0. The van der Waals surface area contributed by atoms with Crippen LogP contribution in [0.5, 0.6) is 11.5 Å². The van der Waals surface area contributed by atoms with Crippen molar-refractivity contribution in [1.82, 2.24) is 0 Å². The molecule has 380 valence electrons. The van der Waals surface area contributed by atoms with Crippen molar-refractivity contribution in [2.75, 3.05) is 32.2 Å². The number of carbonyl (C=O) groups is 2. The fourth-order valence-corrected chi connectivity index (χ4v) is 10.9. The number of halogens is 17. The molecule has 0 fully saturated rings. The van der Waals surface area contributed by atoms with Gasteiger partial charge in [0, 0.05) is 24.6 Å². The van der Waals surface area contributed by atoms with Crippen LogP contribution in [0.15, 0.2) is 72.8 Å². The predicted molar refractivity (Wildman–Crippen MR) is 209 cm³/mol. The average molecular weight is 1020 g/mol. The predicted octanol–water partition coefficient (Wildman–Crippen LogP) is 13.6. The van der Waals surface area contributed by atoms with E-state index in [0.717, 1.165) is 0 Å². The topological polar surface area (TPSA) is 92.3 Å². The smallest absolute Gasteiger partial charge is 0.460 e. The van der Waals surface area contributed by atoms with Crippen LogP contribution in [-0.4, -0.2) is 94.9 Å². The third-order valence-corrected chi connectivity index (χ3v) is 16.0. The van der Waals surface area contributed by atoms with Crippen LogP contribution in [0.4, 0.5) is 85.1 Å². The van der Waals surface area contributed by atoms with Gasteiger partial charge >= 0.3 is 59.7 Å². The summed E-state index contributed by atoms with van der Waals surface area (Å²) < 4.78 is 263. The zero-order valence-electron chi connectivity index (χ0n) is 36.2. The molecule has 1 atom stereocenters. The molecule has 67 heavy (non-hydrogen) atoms. The summed E-state index contributed by atoms with van der Waals surface area (Å²) in [5.74, 6) is -57.0. The normalized spacial score (nSPS) is 14.5. The molecular formula is C41H46F17NO7Si. The van der Waals surface area contributed by atoms with E-state index in [1.807, 2.05) is 0 Å². The van der Waals surface area contributed by atoms with Gasteiger partial charge in [-0.05, 0) is 66.0 Å². The molecule has 2 aromatic rings. The zero-order valence-corrected chi connectivity index (χ0v) is 37.2. The fraction of sp³-hybridized carbons (Fsp3) is 0.561. The molecule has 2 aromatic carbocycles. The van der Waals surface area contributed by atoms with Gasteiger partial charge in [0.15, 0.2) is 8.32 Å². The van der Waals surface area contributed by atoms with Gasteiger partial charge in [-0.2, -0.15) is 74.6 Å². The Morgan fingerprint density at radius 1 is 0.687 bits per heavy atom. The highest BCUT2D eigenvalue weighted by Crippen LogP contribution is 2.64. The first-order chi connectivity index (χ1) is 30.4. The molecule has 8 nitrogen and oxygen atoms in total. The van der Waals surface area contributed by atoms with Crippen molar-refractivity contribution in [1.29, 1.82) is 0 Å². The van der Waals surface area contributed by atoms with Crippen molar-refractivity contribution in [3.8, 4) is 11.5 Å². The largest absolute Gasteiger partial charge is 0.497 e. The molecule has 0 aliphatic heterocycles. The summed E-state index contributed by atoms with van der Waals surface area (Å²) in [7, 11) is -2.58. The summed E-state index contributed by atoms with van der Waals surface area (Å²) in [5.41, 5.74) is -0.671. The molecule has 0 saturated heterocycles. The number of hydrogen-bond acceptors (Lipinski definition) is 7. The molecule has 0 spiro atoms. The summed E-state index contributed by atoms with van der Waals surface area (Å²) >= 11 is 0. The van der Waals surface area contributed by atoms with Crippen molar-refractivity contribution < 1.29 is 108 Å². The SMILES string of the molecule is C=CCOC(=O)/C=C(\C)C[C@@H](OC(=O)Nc1ccc(OC)cc1)c1ccc(OCCO[Si](CCC(F)(F)C(F)(F)C(F)(F)C(F)(F)C(F)(F)C(F)(F)C(F)(F)C(F)(F)F)(C(C)C)C(C)C)cc1. The van der Waals surface area contributed by atoms with Gasteiger partial charge in [-0.15, -0.1) is 0 Å². The van der Waals surface area contributed by atoms with E-state index in [1.165, 1.54) is 83.4 Å². The number of nitrogens with one attached hydrogen (secondary N) is 1. The Morgan fingerprint density at radius 3 is 1.63 bits per heavy atom. The van der Waals surface area contributed by atoms with Crippen LogP contribution >= 0.6 is 0 Å². The first-order valence-electron chi connectivity index (χ1n) is 19.6. The van der Waals surface area contributed by atoms with Crippen LogP contribution in [0.25, 0.3) is 0 Å². The Morgan fingerprint density at radius 2 is 1.16 bits per heavy atom. The van der Waals surface area contributed by atoms with Gasteiger partial charge in [0.25, 0.3) is 0 Å². The van der Waals surface area contributed by atoms with Crippen LogP contribution < -0.4 is 14.8 Å². The second-order valence-electron chi connectivity index (χ2n) is 15.5. The van der Waals surface area contributed by atoms with Gasteiger partial charge < -0.3 is 23.4 Å². The second-order valence-corrected chi connectivity index (χ2v) is 20.5. The van der Waals surface area contributed by atoms with E-state index in [-0.39, 0.29) is 18.8 Å². The van der Waals surface area contributed by atoms with E-state index >= 15 is 8.78 Å². The maximum atomic E-state index is 15.0. The van der Waals surface area contributed by atoms with E-state index in [1.54, 1.807) is 19.1 Å². The first kappa shape index (κ1) is 58.4. The second kappa shape index (κ2) is 21.7. The molecule has 2 rings (SSSR count). The third-order valence-electron chi connectivity index (χ3n) is 10.3. The monoisotopic (exact) mass is 1020 g/mol. The molecule has 0 aliphatic carbocycles. The Hall–Kier alpha value is -4.75. The third kappa shape index (κ3) is 12.5. The standard InChI is InChI=1S/C41H46F17NO7Si/c1-8-18-64-32(60)23-26(6)22-31(66-33(61)59-28-11-15-29(62-7)16-12-28)27-9-13-30(14-10-27)63-19-20-65-67(24(2)3,25(4)5)21-17-34(42,43)35(44,45)36(46,47)37(48,49)38(50,51)39(52,53)40(54,55)41(56,57)58/h8-16,23-25,31H,1,17-22H2,2-7H3,(H,59,61)/b26-23+/t31-/m1/s1. The zero-order chi connectivity index (χ0) is 51.8. The molecule has 0 heterocycles. The number of alkyl halides is 17. The molecule has 0 aliphatic rings. The molecule has 1 N–H and O–H groups in total. The fourth-order valence-electron chi connectivity index (χ4n) is 6.44. The lowest BCUT2D eigenvalue weighted by Gasteiger charge is -2.44. The van der Waals surface area contributed by atoms with E-state index in [4.69, 9.17) is 23.4 Å². The number of rotatable bonds is 25. The Balaban J connectivity index is 2.30. The van der Waals surface area contributed by atoms with Gasteiger partial charge in [0.1, 0.15) is 30.8 Å². The molecular weight excluding hydrogens is 970 g/mol. The minimum atomic E-state index is -8.71. The Bertz CT molecular complexity index is 1990. The van der Waals surface area contributed by atoms with E-state index in [2.05, 4.69) is 11.9 Å². The summed E-state index contributed by atoms with van der Waals surface area (Å²) in [6, 6.07) is 10.5. The minimum absolute atomic E-state index is 0.0290. The van der Waals surface area contributed by atoms with Crippen molar-refractivity contribution in [3.05, 3.63) is 78.4 Å². The van der Waals surface area contributed by atoms with Gasteiger partial charge in [0.05, 0.1) is 13.7 Å². The molecule has 0 unspecified atom stereocenters. The van der Waals surface area contributed by atoms with Gasteiger partial charge in [-0.1, -0.05) is 58.1 Å². The van der Waals surface area contributed by atoms with Crippen LogP contribution in [0.2, 0.25) is 17.1 Å². The highest BCUT2D eigenvalue weighted by Gasteiger charge is 2.95. The number of benzene rings is 2. The highest BCUT2D eigenvalue weighted by molar-refractivity contribution is 6.76. The molecule has 0 aromatic heterocycles. The number of ether oxygens (including phenoxy) is 4. The van der Waals surface area contributed by atoms with E-state index in [9.17, 15) is 75.4 Å². The van der Waals surface area contributed by atoms with Crippen molar-refractivity contribution in [2.45, 2.75) is 118 Å². The van der Waals surface area contributed by atoms with Crippen LogP contribution in [0.3, 0.4) is 0 Å². The quantitative estimate of drug-likeness (QED) is 0.0264. The lowest BCUT2D eigenvalue weighted by Crippen LogP contribution is -2.74. The van der Waals surface area contributed by atoms with Gasteiger partial charge in [-0.3, -0.25) is 5.32 Å². The van der Waals surface area contributed by atoms with Crippen LogP contribution in [0.1, 0.15) is 59.1 Å². The summed E-state index contributed by atoms with van der Waals surface area (Å²) in [4.78, 5) is 25.0. The summed E-state index contributed by atoms with van der Waals surface area (Å²) in [6.07, 6.45) is -9.87. The first-order valence-corrected chi connectivity index (χ1v) is 21.9. The molecule has 1 amide bonds. The van der Waals surface area contributed by atoms with Crippen molar-refractivity contribution in [2.24, 2.45) is 0 Å². The number of methoxy groups -OCH3 is 1. The van der Waals surface area contributed by atoms with Gasteiger partial charge in [0.2, 0.25) is 0 Å². The molecule has 26 heteroatoms. The van der Waals surface area contributed by atoms with Crippen LogP contribution in [0, 0.1) is 0 Å². The van der Waals surface area contributed by atoms with Crippen LogP contribution in [-0.2, 0) is 18.7 Å². The average Bonchev–Trinajstić information content (AvgIpc) is 3.21. The van der Waals surface area contributed by atoms with Gasteiger partial charge in [-0.25, -0.2) is 9.59 Å². The Labute approximate surface area is 373 Å². The number of carbonyl (C=O) groups excluding carboxylic acids is 2. The molecule has 0 radical (unpaired) electrons. The maximum Gasteiger partial charge on any atom is 0.460 e. The van der Waals surface area contributed by atoms with Crippen molar-refractivity contribution in [3.63, 3.8) is 0 Å². The highest BCUT2D eigenvalue weighted by atomic mass is 28.4. The number of anilines is 1. The lowest BCUT2D eigenvalue weighted by atomic mass is 9.88. The van der Waals surface area contributed by atoms with E-state index in [0.29, 0.717) is 22.6 Å².